The molecule has 0 aliphatic rings. The maximum atomic E-state index is 8.83. The lowest BCUT2D eigenvalue weighted by molar-refractivity contribution is 0.372. The Hall–Kier alpha value is -2.32. The first-order valence-electron chi connectivity index (χ1n) is 5.38. The Balaban J connectivity index is 2.38. The molecule has 0 bridgehead atoms. The Morgan fingerprint density at radius 1 is 1.26 bits per heavy atom. The number of hydrogen-bond acceptors (Lipinski definition) is 5. The number of halogens is 1. The predicted octanol–water partition coefficient (Wildman–Crippen LogP) is 3.11. The molecule has 1 aromatic carbocycles. The first-order valence-corrected chi connectivity index (χ1v) is 5.76. The van der Waals surface area contributed by atoms with Gasteiger partial charge in [-0.05, 0) is 19.1 Å². The monoisotopic (exact) mass is 275 g/mol. The van der Waals surface area contributed by atoms with Crippen molar-refractivity contribution in [2.75, 3.05) is 7.11 Å². The molecule has 0 aliphatic carbocycles. The van der Waals surface area contributed by atoms with E-state index in [1.54, 1.807) is 25.1 Å². The molecule has 0 N–H and O–H groups in total. The average Bonchev–Trinajstić information content (AvgIpc) is 2.44. The van der Waals surface area contributed by atoms with Gasteiger partial charge in [-0.15, -0.1) is 0 Å². The lowest BCUT2D eigenvalue weighted by atomic mass is 10.2. The number of aromatic nitrogens is 2. The quantitative estimate of drug-likeness (QED) is 0.805. The van der Waals surface area contributed by atoms with Crippen LogP contribution >= 0.6 is 11.6 Å². The molecule has 2 aromatic rings. The van der Waals surface area contributed by atoms with Gasteiger partial charge in [0.25, 0.3) is 0 Å². The standard InChI is InChI=1S/C13H10ClN3O2/c1-8-12(14)16-7-17-13(8)19-10-4-3-9(6-15)5-11(10)18-2/h3-5,7H,1-2H3. The number of hydrogen-bond donors (Lipinski definition) is 0. The molecule has 96 valence electrons. The van der Waals surface area contributed by atoms with Gasteiger partial charge < -0.3 is 9.47 Å². The van der Waals surface area contributed by atoms with Crippen molar-refractivity contribution in [2.45, 2.75) is 6.92 Å². The van der Waals surface area contributed by atoms with Gasteiger partial charge in [-0.1, -0.05) is 11.6 Å². The summed E-state index contributed by atoms with van der Waals surface area (Å²) >= 11 is 5.90. The number of nitrogens with zero attached hydrogens (tertiary/aromatic N) is 3. The van der Waals surface area contributed by atoms with Gasteiger partial charge in [0.05, 0.1) is 18.7 Å². The van der Waals surface area contributed by atoms with E-state index >= 15 is 0 Å². The number of nitriles is 1. The van der Waals surface area contributed by atoms with Gasteiger partial charge in [-0.3, -0.25) is 0 Å². The number of ether oxygens (including phenoxy) is 2. The maximum Gasteiger partial charge on any atom is 0.226 e. The minimum absolute atomic E-state index is 0.331. The lowest BCUT2D eigenvalue weighted by Gasteiger charge is -2.11. The van der Waals surface area contributed by atoms with Crippen molar-refractivity contribution < 1.29 is 9.47 Å². The molecule has 2 rings (SSSR count). The van der Waals surface area contributed by atoms with E-state index in [-0.39, 0.29) is 0 Å². The van der Waals surface area contributed by atoms with E-state index in [1.165, 1.54) is 13.4 Å². The Bertz CT molecular complexity index is 653. The van der Waals surface area contributed by atoms with Crippen molar-refractivity contribution in [3.63, 3.8) is 0 Å². The van der Waals surface area contributed by atoms with Gasteiger partial charge in [-0.25, -0.2) is 9.97 Å². The van der Waals surface area contributed by atoms with Gasteiger partial charge in [0.15, 0.2) is 11.5 Å². The summed E-state index contributed by atoms with van der Waals surface area (Å²) in [5.74, 6) is 1.26. The van der Waals surface area contributed by atoms with Crippen LogP contribution < -0.4 is 9.47 Å². The van der Waals surface area contributed by atoms with Crippen LogP contribution in [0.2, 0.25) is 5.15 Å². The van der Waals surface area contributed by atoms with Crippen molar-refractivity contribution in [2.24, 2.45) is 0 Å². The molecular weight excluding hydrogens is 266 g/mol. The molecule has 1 heterocycles. The molecule has 0 saturated heterocycles. The molecule has 6 heteroatoms. The molecule has 1 aromatic heterocycles. The van der Waals surface area contributed by atoms with E-state index < -0.39 is 0 Å². The van der Waals surface area contributed by atoms with Crippen molar-refractivity contribution in [1.29, 1.82) is 5.26 Å². The first-order chi connectivity index (χ1) is 9.15. The summed E-state index contributed by atoms with van der Waals surface area (Å²) in [6.07, 6.45) is 1.32. The van der Waals surface area contributed by atoms with Gasteiger partial charge >= 0.3 is 0 Å². The van der Waals surface area contributed by atoms with Crippen LogP contribution in [0.4, 0.5) is 0 Å². The second-order valence-corrected chi connectivity index (χ2v) is 4.03. The SMILES string of the molecule is COc1cc(C#N)ccc1Oc1ncnc(Cl)c1C. The fourth-order valence-electron chi connectivity index (χ4n) is 1.44. The maximum absolute atomic E-state index is 8.83. The Morgan fingerprint density at radius 3 is 2.74 bits per heavy atom. The molecule has 0 atom stereocenters. The van der Waals surface area contributed by atoms with E-state index in [2.05, 4.69) is 9.97 Å². The van der Waals surface area contributed by atoms with Crippen LogP contribution in [-0.2, 0) is 0 Å². The third-order valence-electron chi connectivity index (χ3n) is 2.48. The zero-order chi connectivity index (χ0) is 13.8. The van der Waals surface area contributed by atoms with E-state index in [0.717, 1.165) is 0 Å². The molecule has 0 amide bonds. The number of methoxy groups -OCH3 is 1. The smallest absolute Gasteiger partial charge is 0.226 e. The van der Waals surface area contributed by atoms with E-state index in [0.29, 0.717) is 33.7 Å². The number of benzene rings is 1. The summed E-state index contributed by atoms with van der Waals surface area (Å²) < 4.78 is 10.8. The molecule has 5 nitrogen and oxygen atoms in total. The predicted molar refractivity (Wildman–Crippen MR) is 69.6 cm³/mol. The van der Waals surface area contributed by atoms with Crippen molar-refractivity contribution in [3.05, 3.63) is 40.8 Å². The molecule has 0 unspecified atom stereocenters. The Labute approximate surface area is 115 Å². The highest BCUT2D eigenvalue weighted by Gasteiger charge is 2.11. The summed E-state index contributed by atoms with van der Waals surface area (Å²) in [7, 11) is 1.50. The molecule has 19 heavy (non-hydrogen) atoms. The Morgan fingerprint density at radius 2 is 2.05 bits per heavy atom. The second kappa shape index (κ2) is 5.55. The number of rotatable bonds is 3. The topological polar surface area (TPSA) is 68.0 Å². The van der Waals surface area contributed by atoms with Gasteiger partial charge in [0.2, 0.25) is 5.88 Å². The molecule has 0 saturated carbocycles. The molecule has 0 aliphatic heterocycles. The van der Waals surface area contributed by atoms with E-state index in [9.17, 15) is 0 Å². The second-order valence-electron chi connectivity index (χ2n) is 3.67. The van der Waals surface area contributed by atoms with Crippen LogP contribution in [0, 0.1) is 18.3 Å². The molecule has 0 fully saturated rings. The van der Waals surface area contributed by atoms with Crippen LogP contribution in [-0.4, -0.2) is 17.1 Å². The van der Waals surface area contributed by atoms with Crippen molar-refractivity contribution in [1.82, 2.24) is 9.97 Å². The zero-order valence-electron chi connectivity index (χ0n) is 10.3. The minimum Gasteiger partial charge on any atom is -0.493 e. The van der Waals surface area contributed by atoms with Crippen molar-refractivity contribution in [3.8, 4) is 23.4 Å². The summed E-state index contributed by atoms with van der Waals surface area (Å²) in [4.78, 5) is 7.87. The Kier molecular flexibility index (Phi) is 3.83. The highest BCUT2D eigenvalue weighted by molar-refractivity contribution is 6.30. The molecule has 0 spiro atoms. The van der Waals surface area contributed by atoms with Crippen LogP contribution in [0.25, 0.3) is 0 Å². The highest BCUT2D eigenvalue weighted by atomic mass is 35.5. The third-order valence-corrected chi connectivity index (χ3v) is 2.86. The molecular formula is C13H10ClN3O2. The normalized spacial score (nSPS) is 9.79. The largest absolute Gasteiger partial charge is 0.493 e. The fraction of sp³-hybridized carbons (Fsp3) is 0.154. The summed E-state index contributed by atoms with van der Waals surface area (Å²) in [6.45, 7) is 1.76. The van der Waals surface area contributed by atoms with Crippen molar-refractivity contribution >= 4 is 11.6 Å². The van der Waals surface area contributed by atoms with E-state index in [1.807, 2.05) is 6.07 Å². The lowest BCUT2D eigenvalue weighted by Crippen LogP contribution is -1.96. The molecule has 0 radical (unpaired) electrons. The van der Waals surface area contributed by atoms with Crippen LogP contribution in [0.5, 0.6) is 17.4 Å². The zero-order valence-corrected chi connectivity index (χ0v) is 11.1. The van der Waals surface area contributed by atoms with Gasteiger partial charge in [0.1, 0.15) is 11.5 Å². The first kappa shape index (κ1) is 13.1. The van der Waals surface area contributed by atoms with E-state index in [4.69, 9.17) is 26.3 Å². The van der Waals surface area contributed by atoms with Gasteiger partial charge in [0, 0.05) is 11.6 Å². The summed E-state index contributed by atoms with van der Waals surface area (Å²) in [5, 5.41) is 9.17. The average molecular weight is 276 g/mol. The highest BCUT2D eigenvalue weighted by Crippen LogP contribution is 2.33. The summed E-state index contributed by atoms with van der Waals surface area (Å²) in [5.41, 5.74) is 1.12. The van der Waals surface area contributed by atoms with Crippen LogP contribution in [0.1, 0.15) is 11.1 Å². The van der Waals surface area contributed by atoms with Gasteiger partial charge in [-0.2, -0.15) is 5.26 Å². The fourth-order valence-corrected chi connectivity index (χ4v) is 1.57. The minimum atomic E-state index is 0.331. The van der Waals surface area contributed by atoms with Crippen LogP contribution in [0.3, 0.4) is 0 Å². The third kappa shape index (κ3) is 2.75. The summed E-state index contributed by atoms with van der Waals surface area (Å²) in [6, 6.07) is 6.90. The van der Waals surface area contributed by atoms with Crippen LogP contribution in [0.15, 0.2) is 24.5 Å².